The molecule has 0 saturated carbocycles. The van der Waals surface area contributed by atoms with E-state index in [2.05, 4.69) is 135 Å². The van der Waals surface area contributed by atoms with Gasteiger partial charge in [-0.25, -0.2) is 0 Å². The van der Waals surface area contributed by atoms with Crippen molar-refractivity contribution in [2.24, 2.45) is 0 Å². The lowest BCUT2D eigenvalue weighted by molar-refractivity contribution is -0.870. The standard InChI is InChI=1S/C65H107NO8/c1-6-8-10-12-14-16-18-20-22-24-26-27-28-29-30-31-32-33-34-35-36-37-38-40-42-44-46-48-50-52-54-56-63(68)74-61(60-73-65(64(69)70)71-58-57-66(3,4)5)59-72-62(67)55-53-51-49-47-45-43-41-39-25-23-21-19-17-15-13-11-9-7-2/h8,10,14,16,20,22-23,25-27,29-30,32-33,35-36,38,40,44,46,61,65H,6-7,9,11-13,15,17-19,21,24,28,31,34,37,39,41-43,45,47-60H2,1-5H3/b10-8-,16-14-,22-20-,25-23-,27-26-,30-29-,33-32-,36-35-,40-38-,46-44-. The summed E-state index contributed by atoms with van der Waals surface area (Å²) in [5.41, 5.74) is 0. The smallest absolute Gasteiger partial charge is 0.306 e. The molecule has 0 N–H and O–H groups in total. The maximum atomic E-state index is 12.9. The zero-order valence-corrected chi connectivity index (χ0v) is 47.7. The summed E-state index contributed by atoms with van der Waals surface area (Å²) in [6, 6.07) is 0. The van der Waals surface area contributed by atoms with E-state index in [4.69, 9.17) is 18.9 Å². The zero-order chi connectivity index (χ0) is 54.1. The highest BCUT2D eigenvalue weighted by Crippen LogP contribution is 2.14. The largest absolute Gasteiger partial charge is 0.545 e. The number of rotatable bonds is 52. The molecule has 0 aromatic carbocycles. The number of aliphatic carboxylic acids is 1. The number of nitrogens with zero attached hydrogens (tertiary/aromatic N) is 1. The van der Waals surface area contributed by atoms with E-state index >= 15 is 0 Å². The van der Waals surface area contributed by atoms with Crippen LogP contribution in [0, 0.1) is 0 Å². The van der Waals surface area contributed by atoms with E-state index in [1.54, 1.807) is 0 Å². The Morgan fingerprint density at radius 2 is 0.770 bits per heavy atom. The van der Waals surface area contributed by atoms with Crippen LogP contribution in [0.1, 0.15) is 213 Å². The van der Waals surface area contributed by atoms with Crippen LogP contribution in [0.3, 0.4) is 0 Å². The SMILES string of the molecule is CC/C=C\C/C=C\C/C=C\C/C=C\C/C=C\C/C=C\C/C=C\C/C=C\C/C=C\CCCCCC(=O)OC(COC(=O)CCCCCCCCC/C=C\CCCCCCCCC)COC(OCC[N+](C)(C)C)C(=O)[O-]. The first-order valence-electron chi connectivity index (χ1n) is 29.2. The summed E-state index contributed by atoms with van der Waals surface area (Å²) in [6.07, 6.45) is 73.9. The number of hydrogen-bond donors (Lipinski definition) is 0. The first-order chi connectivity index (χ1) is 36.1. The average molecular weight is 1030 g/mol. The average Bonchev–Trinajstić information content (AvgIpc) is 3.37. The number of carboxylic acid groups (broad SMARTS) is 1. The molecule has 0 aliphatic heterocycles. The second kappa shape index (κ2) is 54.9. The van der Waals surface area contributed by atoms with E-state index in [0.29, 0.717) is 17.4 Å². The predicted octanol–water partition coefficient (Wildman–Crippen LogP) is 16.0. The monoisotopic (exact) mass is 1030 g/mol. The Kier molecular flexibility index (Phi) is 51.7. The van der Waals surface area contributed by atoms with Gasteiger partial charge in [0.2, 0.25) is 0 Å². The fraction of sp³-hybridized carbons (Fsp3) is 0.646. The van der Waals surface area contributed by atoms with Crippen LogP contribution < -0.4 is 5.11 Å². The van der Waals surface area contributed by atoms with E-state index < -0.39 is 24.3 Å². The summed E-state index contributed by atoms with van der Waals surface area (Å²) in [4.78, 5) is 37.3. The van der Waals surface area contributed by atoms with Gasteiger partial charge in [-0.1, -0.05) is 212 Å². The van der Waals surface area contributed by atoms with Crippen molar-refractivity contribution >= 4 is 17.9 Å². The normalized spacial score (nSPS) is 13.7. The fourth-order valence-electron chi connectivity index (χ4n) is 7.46. The number of carboxylic acids is 1. The first-order valence-corrected chi connectivity index (χ1v) is 29.2. The summed E-state index contributed by atoms with van der Waals surface area (Å²) < 4.78 is 22.6. The number of allylic oxidation sites excluding steroid dienone is 20. The second-order valence-electron chi connectivity index (χ2n) is 20.2. The van der Waals surface area contributed by atoms with Gasteiger partial charge < -0.3 is 33.3 Å². The molecule has 9 heteroatoms. The minimum atomic E-state index is -1.64. The molecule has 0 aliphatic carbocycles. The zero-order valence-electron chi connectivity index (χ0n) is 47.7. The maximum Gasteiger partial charge on any atom is 0.306 e. The van der Waals surface area contributed by atoms with Crippen LogP contribution in [0.25, 0.3) is 0 Å². The van der Waals surface area contributed by atoms with Gasteiger partial charge in [0, 0.05) is 12.8 Å². The van der Waals surface area contributed by atoms with Crippen LogP contribution in [0.5, 0.6) is 0 Å². The Morgan fingerprint density at radius 1 is 0.419 bits per heavy atom. The Hall–Kier alpha value is -4.31. The summed E-state index contributed by atoms with van der Waals surface area (Å²) in [7, 11) is 5.90. The van der Waals surface area contributed by atoms with Crippen molar-refractivity contribution in [3.05, 3.63) is 122 Å². The van der Waals surface area contributed by atoms with Gasteiger partial charge in [0.05, 0.1) is 40.3 Å². The third-order valence-corrected chi connectivity index (χ3v) is 11.9. The number of unbranched alkanes of at least 4 members (excludes halogenated alkanes) is 17. The predicted molar refractivity (Wildman–Crippen MR) is 310 cm³/mol. The van der Waals surface area contributed by atoms with Crippen LogP contribution in [-0.4, -0.2) is 82.3 Å². The van der Waals surface area contributed by atoms with Gasteiger partial charge in [0.15, 0.2) is 12.4 Å². The van der Waals surface area contributed by atoms with Gasteiger partial charge in [-0.2, -0.15) is 0 Å². The number of carbonyl (C=O) groups excluding carboxylic acids is 3. The van der Waals surface area contributed by atoms with E-state index in [1.165, 1.54) is 70.6 Å². The van der Waals surface area contributed by atoms with E-state index in [-0.39, 0.29) is 38.6 Å². The molecule has 9 nitrogen and oxygen atoms in total. The van der Waals surface area contributed by atoms with Crippen LogP contribution in [0.15, 0.2) is 122 Å². The molecule has 0 aliphatic rings. The number of esters is 2. The summed E-state index contributed by atoms with van der Waals surface area (Å²) in [5.74, 6) is -2.35. The van der Waals surface area contributed by atoms with E-state index in [9.17, 15) is 19.5 Å². The van der Waals surface area contributed by atoms with Crippen molar-refractivity contribution in [3.8, 4) is 0 Å². The maximum absolute atomic E-state index is 12.9. The molecule has 0 saturated heterocycles. The lowest BCUT2D eigenvalue weighted by atomic mass is 10.1. The van der Waals surface area contributed by atoms with Gasteiger partial charge in [0.25, 0.3) is 0 Å². The number of carbonyl (C=O) groups is 3. The van der Waals surface area contributed by atoms with Crippen molar-refractivity contribution in [1.82, 2.24) is 0 Å². The number of ether oxygens (including phenoxy) is 4. The van der Waals surface area contributed by atoms with Crippen molar-refractivity contribution < 1.29 is 42.9 Å². The lowest BCUT2D eigenvalue weighted by Gasteiger charge is -2.26. The van der Waals surface area contributed by atoms with E-state index in [0.717, 1.165) is 109 Å². The molecule has 0 bridgehead atoms. The van der Waals surface area contributed by atoms with Crippen LogP contribution in [0.2, 0.25) is 0 Å². The quantitative estimate of drug-likeness (QED) is 0.0195. The number of likely N-dealkylation sites (N-methyl/N-ethyl adjacent to an activating group) is 1. The molecule has 0 aromatic rings. The lowest BCUT2D eigenvalue weighted by Crippen LogP contribution is -2.44. The third-order valence-electron chi connectivity index (χ3n) is 11.9. The highest BCUT2D eigenvalue weighted by molar-refractivity contribution is 5.70. The highest BCUT2D eigenvalue weighted by atomic mass is 16.7. The Balaban J connectivity index is 4.37. The molecule has 0 rings (SSSR count). The number of hydrogen-bond acceptors (Lipinski definition) is 8. The third kappa shape index (κ3) is 55.4. The number of quaternary nitrogens is 1. The van der Waals surface area contributed by atoms with Crippen LogP contribution in [0.4, 0.5) is 0 Å². The Labute approximate surface area is 453 Å². The van der Waals surface area contributed by atoms with Crippen molar-refractivity contribution in [1.29, 1.82) is 0 Å². The molecule has 0 radical (unpaired) electrons. The molecule has 0 heterocycles. The molecule has 420 valence electrons. The topological polar surface area (TPSA) is 111 Å². The van der Waals surface area contributed by atoms with Gasteiger partial charge in [-0.3, -0.25) is 9.59 Å². The van der Waals surface area contributed by atoms with Gasteiger partial charge >= 0.3 is 11.9 Å². The molecule has 0 amide bonds. The minimum absolute atomic E-state index is 0.134. The van der Waals surface area contributed by atoms with Crippen molar-refractivity contribution in [2.75, 3.05) is 47.5 Å². The van der Waals surface area contributed by atoms with Crippen molar-refractivity contribution in [3.63, 3.8) is 0 Å². The summed E-state index contributed by atoms with van der Waals surface area (Å²) >= 11 is 0. The first kappa shape index (κ1) is 69.7. The van der Waals surface area contributed by atoms with Gasteiger partial charge in [0.1, 0.15) is 13.2 Å². The van der Waals surface area contributed by atoms with Gasteiger partial charge in [-0.05, 0) is 109 Å². The molecule has 74 heavy (non-hydrogen) atoms. The molecule has 0 spiro atoms. The molecule has 0 fully saturated rings. The summed E-state index contributed by atoms with van der Waals surface area (Å²) in [6.45, 7) is 4.57. The molecular weight excluding hydrogens is 923 g/mol. The summed E-state index contributed by atoms with van der Waals surface area (Å²) in [5, 5.41) is 11.8. The molecular formula is C65H107NO8. The Bertz CT molecular complexity index is 1620. The molecule has 2 atom stereocenters. The van der Waals surface area contributed by atoms with Gasteiger partial charge in [-0.15, -0.1) is 0 Å². The van der Waals surface area contributed by atoms with E-state index in [1.807, 2.05) is 21.1 Å². The highest BCUT2D eigenvalue weighted by Gasteiger charge is 2.22. The van der Waals surface area contributed by atoms with Crippen LogP contribution >= 0.6 is 0 Å². The fourth-order valence-corrected chi connectivity index (χ4v) is 7.46. The molecule has 2 unspecified atom stereocenters. The second-order valence-corrected chi connectivity index (χ2v) is 20.2. The minimum Gasteiger partial charge on any atom is -0.545 e. The Morgan fingerprint density at radius 3 is 1.18 bits per heavy atom. The van der Waals surface area contributed by atoms with Crippen molar-refractivity contribution in [2.45, 2.75) is 225 Å². The molecule has 0 aromatic heterocycles. The van der Waals surface area contributed by atoms with Crippen LogP contribution in [-0.2, 0) is 33.3 Å².